The molecule has 148 valence electrons. The fourth-order valence-corrected chi connectivity index (χ4v) is 3.74. The molecule has 0 saturated heterocycles. The monoisotopic (exact) mass is 406 g/mol. The number of furan rings is 1. The summed E-state index contributed by atoms with van der Waals surface area (Å²) < 4.78 is 5.80. The number of thiazole rings is 1. The van der Waals surface area contributed by atoms with Crippen molar-refractivity contribution in [3.05, 3.63) is 39.0 Å². The molecule has 2 aromatic rings. The van der Waals surface area contributed by atoms with E-state index < -0.39 is 16.9 Å². The molecule has 1 aliphatic rings. The first-order chi connectivity index (χ1) is 13.1. The number of rotatable bonds is 4. The highest BCUT2D eigenvalue weighted by atomic mass is 32.1. The topological polar surface area (TPSA) is 166 Å². The summed E-state index contributed by atoms with van der Waals surface area (Å²) in [6.45, 7) is 5.74. The number of nitrogens with zero attached hydrogens (tertiary/aromatic N) is 3. The van der Waals surface area contributed by atoms with E-state index in [0.717, 1.165) is 17.5 Å². The minimum atomic E-state index is -0.790. The van der Waals surface area contributed by atoms with Crippen molar-refractivity contribution in [1.29, 1.82) is 0 Å². The summed E-state index contributed by atoms with van der Waals surface area (Å²) in [5, 5.41) is 17.3. The van der Waals surface area contributed by atoms with Gasteiger partial charge in [-0.1, -0.05) is 13.8 Å². The lowest BCUT2D eigenvalue weighted by Gasteiger charge is -2.29. The first-order valence-electron chi connectivity index (χ1n) is 8.23. The maximum atomic E-state index is 12.6. The Balaban J connectivity index is 1.93. The molecule has 0 aromatic carbocycles. The molecule has 28 heavy (non-hydrogen) atoms. The van der Waals surface area contributed by atoms with Gasteiger partial charge < -0.3 is 10.2 Å². The molecule has 4 N–H and O–H groups in total. The molecule has 0 atom stereocenters. The van der Waals surface area contributed by atoms with E-state index in [-0.39, 0.29) is 21.3 Å². The summed E-state index contributed by atoms with van der Waals surface area (Å²) in [6.07, 6.45) is 2.21. The normalized spacial score (nSPS) is 16.5. The van der Waals surface area contributed by atoms with E-state index in [1.807, 2.05) is 13.8 Å². The quantitative estimate of drug-likeness (QED) is 0.521. The van der Waals surface area contributed by atoms with Gasteiger partial charge in [0.25, 0.3) is 5.91 Å². The van der Waals surface area contributed by atoms with Crippen molar-refractivity contribution in [3.63, 3.8) is 0 Å². The van der Waals surface area contributed by atoms with E-state index in [2.05, 4.69) is 20.8 Å². The van der Waals surface area contributed by atoms with E-state index in [4.69, 9.17) is 10.2 Å². The molecule has 0 unspecified atom stereocenters. The minimum absolute atomic E-state index is 0.0623. The zero-order valence-electron chi connectivity index (χ0n) is 15.4. The van der Waals surface area contributed by atoms with Crippen molar-refractivity contribution in [2.45, 2.75) is 33.6 Å². The Morgan fingerprint density at radius 2 is 2.14 bits per heavy atom. The van der Waals surface area contributed by atoms with Gasteiger partial charge in [-0.25, -0.2) is 15.2 Å². The van der Waals surface area contributed by atoms with Crippen LogP contribution in [-0.4, -0.2) is 27.6 Å². The zero-order chi connectivity index (χ0) is 20.6. The molecule has 3 rings (SSSR count). The summed E-state index contributed by atoms with van der Waals surface area (Å²) in [6, 6.07) is -0.790. The van der Waals surface area contributed by atoms with Gasteiger partial charge in [0.1, 0.15) is 12.0 Å². The van der Waals surface area contributed by atoms with Crippen molar-refractivity contribution in [3.8, 4) is 0 Å². The minimum Gasteiger partial charge on any atom is -0.455 e. The van der Waals surface area contributed by atoms with Gasteiger partial charge in [-0.2, -0.15) is 5.10 Å². The molecule has 1 aliphatic carbocycles. The Morgan fingerprint density at radius 1 is 1.43 bits per heavy atom. The Labute approximate surface area is 163 Å². The first-order valence-corrected chi connectivity index (χ1v) is 9.05. The fourth-order valence-electron chi connectivity index (χ4n) is 3.11. The number of hydrazone groups is 1. The number of nitro groups is 1. The third-order valence-electron chi connectivity index (χ3n) is 4.19. The van der Waals surface area contributed by atoms with Crippen LogP contribution in [0.1, 0.15) is 47.7 Å². The summed E-state index contributed by atoms with van der Waals surface area (Å²) in [5.41, 5.74) is 8.90. The Bertz CT molecular complexity index is 1010. The second-order valence-electron chi connectivity index (χ2n) is 7.12. The van der Waals surface area contributed by atoms with Crippen LogP contribution in [0.2, 0.25) is 0 Å². The van der Waals surface area contributed by atoms with Gasteiger partial charge >= 0.3 is 11.0 Å². The lowest BCUT2D eigenvalue weighted by atomic mass is 9.75. The molecule has 11 nitrogen and oxygen atoms in total. The Morgan fingerprint density at radius 3 is 2.75 bits per heavy atom. The van der Waals surface area contributed by atoms with Crippen molar-refractivity contribution in [2.24, 2.45) is 16.3 Å². The maximum absolute atomic E-state index is 12.6. The molecule has 12 heteroatoms. The lowest BCUT2D eigenvalue weighted by molar-refractivity contribution is -0.380. The third kappa shape index (κ3) is 3.86. The average Bonchev–Trinajstić information content (AvgIpc) is 3.16. The molecule has 2 heterocycles. The summed E-state index contributed by atoms with van der Waals surface area (Å²) >= 11 is 0.747. The molecule has 0 spiro atoms. The van der Waals surface area contributed by atoms with Crippen molar-refractivity contribution in [2.75, 3.05) is 5.32 Å². The number of carbonyl (C=O) groups is 2. The standard InChI is InChI=1S/C16H18N6O5S/c1-7-11-8(20-21-14(17)24)4-16(2,3)5-9(11)27-12(7)13(23)19-15-18-6-10(28-15)22(25)26/h6H,4-5H2,1-3H3,(H3,17,21,24)(H,18,19,23)/b20-8-. The van der Waals surface area contributed by atoms with Gasteiger partial charge in [0.2, 0.25) is 0 Å². The van der Waals surface area contributed by atoms with Crippen LogP contribution in [0.25, 0.3) is 0 Å². The van der Waals surface area contributed by atoms with Crippen LogP contribution in [0.5, 0.6) is 0 Å². The molecule has 0 saturated carbocycles. The van der Waals surface area contributed by atoms with Gasteiger partial charge in [0, 0.05) is 17.5 Å². The summed E-state index contributed by atoms with van der Waals surface area (Å²) in [7, 11) is 0. The predicted octanol–water partition coefficient (Wildman–Crippen LogP) is 2.55. The molecule has 2 aromatic heterocycles. The van der Waals surface area contributed by atoms with Gasteiger partial charge in [-0.3, -0.25) is 20.2 Å². The number of nitrogens with two attached hydrogens (primary N) is 1. The van der Waals surface area contributed by atoms with Crippen molar-refractivity contribution < 1.29 is 18.9 Å². The fraction of sp³-hybridized carbons (Fsp3) is 0.375. The number of hydrogen-bond acceptors (Lipinski definition) is 8. The molecular weight excluding hydrogens is 388 g/mol. The predicted molar refractivity (Wildman–Crippen MR) is 102 cm³/mol. The first kappa shape index (κ1) is 19.5. The average molecular weight is 406 g/mol. The summed E-state index contributed by atoms with van der Waals surface area (Å²) in [5.74, 6) is 0.0672. The molecular formula is C16H18N6O5S. The van der Waals surface area contributed by atoms with E-state index in [9.17, 15) is 19.7 Å². The summed E-state index contributed by atoms with van der Waals surface area (Å²) in [4.78, 5) is 37.7. The van der Waals surface area contributed by atoms with E-state index in [1.165, 1.54) is 0 Å². The second kappa shape index (κ2) is 7.03. The van der Waals surface area contributed by atoms with Crippen LogP contribution in [0.3, 0.4) is 0 Å². The number of amides is 3. The smallest absolute Gasteiger partial charge is 0.345 e. The van der Waals surface area contributed by atoms with E-state index in [0.29, 0.717) is 35.4 Å². The van der Waals surface area contributed by atoms with Crippen LogP contribution in [-0.2, 0) is 6.42 Å². The molecule has 0 radical (unpaired) electrons. The second-order valence-corrected chi connectivity index (χ2v) is 8.13. The highest BCUT2D eigenvalue weighted by Crippen LogP contribution is 2.39. The van der Waals surface area contributed by atoms with Gasteiger partial charge in [-0.05, 0) is 30.1 Å². The van der Waals surface area contributed by atoms with Crippen LogP contribution in [0.15, 0.2) is 15.7 Å². The number of anilines is 1. The number of aromatic nitrogens is 1. The van der Waals surface area contributed by atoms with Gasteiger partial charge in [0.05, 0.1) is 10.6 Å². The van der Waals surface area contributed by atoms with Crippen molar-refractivity contribution in [1.82, 2.24) is 10.4 Å². The van der Waals surface area contributed by atoms with E-state index >= 15 is 0 Å². The van der Waals surface area contributed by atoms with Crippen LogP contribution >= 0.6 is 11.3 Å². The zero-order valence-corrected chi connectivity index (χ0v) is 16.2. The number of primary amides is 1. The highest BCUT2D eigenvalue weighted by molar-refractivity contribution is 7.18. The Kier molecular flexibility index (Phi) is 4.89. The number of urea groups is 1. The molecule has 0 bridgehead atoms. The molecule has 0 aliphatic heterocycles. The number of carbonyl (C=O) groups excluding carboxylic acids is 2. The van der Waals surface area contributed by atoms with Crippen LogP contribution < -0.4 is 16.5 Å². The van der Waals surface area contributed by atoms with Crippen molar-refractivity contribution >= 4 is 39.1 Å². The van der Waals surface area contributed by atoms with Gasteiger partial charge in [-0.15, -0.1) is 0 Å². The number of nitrogens with one attached hydrogen (secondary N) is 2. The largest absolute Gasteiger partial charge is 0.455 e. The SMILES string of the molecule is Cc1c(C(=O)Nc2ncc([N+](=O)[O-])s2)oc2c1/C(=N\NC(N)=O)CC(C)(C)C2. The van der Waals surface area contributed by atoms with E-state index in [1.54, 1.807) is 6.92 Å². The highest BCUT2D eigenvalue weighted by Gasteiger charge is 2.36. The van der Waals surface area contributed by atoms with Gasteiger partial charge in [0.15, 0.2) is 10.9 Å². The van der Waals surface area contributed by atoms with Crippen LogP contribution in [0.4, 0.5) is 14.9 Å². The third-order valence-corrected chi connectivity index (χ3v) is 5.06. The molecule has 0 fully saturated rings. The lowest BCUT2D eigenvalue weighted by Crippen LogP contribution is -2.31. The maximum Gasteiger partial charge on any atom is 0.345 e. The molecule has 3 amide bonds. The number of fused-ring (bicyclic) bond motifs is 1. The number of hydrogen-bond donors (Lipinski definition) is 3. The van der Waals surface area contributed by atoms with Crippen LogP contribution in [0, 0.1) is 22.5 Å². The Hall–Kier alpha value is -3.28.